The fraction of sp³-hybridized carbons (Fsp3) is 0.727. The minimum absolute atomic E-state index is 0.178. The first kappa shape index (κ1) is 15.4. The number of aromatic nitrogens is 2. The Morgan fingerprint density at radius 3 is 2.83 bits per heavy atom. The van der Waals surface area contributed by atoms with Gasteiger partial charge in [-0.1, -0.05) is 25.6 Å². The molecule has 7 heteroatoms. The molecule has 1 aromatic heterocycles. The summed E-state index contributed by atoms with van der Waals surface area (Å²) >= 11 is 2.98. The molecule has 5 nitrogen and oxygen atoms in total. The monoisotopic (exact) mass is 289 g/mol. The average molecular weight is 289 g/mol. The number of aryl methyl sites for hydroxylation is 1. The molecule has 0 saturated heterocycles. The molecule has 0 aliphatic carbocycles. The molecule has 0 aliphatic heterocycles. The number of hydrogen-bond acceptors (Lipinski definition) is 7. The fourth-order valence-corrected chi connectivity index (χ4v) is 3.76. The van der Waals surface area contributed by atoms with Crippen molar-refractivity contribution in [2.45, 2.75) is 48.7 Å². The van der Waals surface area contributed by atoms with Crippen molar-refractivity contribution in [2.24, 2.45) is 5.73 Å². The highest BCUT2D eigenvalue weighted by atomic mass is 32.2. The summed E-state index contributed by atoms with van der Waals surface area (Å²) in [6, 6.07) is 0. The molecule has 0 radical (unpaired) electrons. The van der Waals surface area contributed by atoms with Crippen LogP contribution in [0.15, 0.2) is 4.34 Å². The Labute approximate surface area is 116 Å². The molecule has 18 heavy (non-hydrogen) atoms. The maximum atomic E-state index is 11.5. The molecule has 0 aromatic carbocycles. The summed E-state index contributed by atoms with van der Waals surface area (Å²) in [4.78, 5) is 15.9. The van der Waals surface area contributed by atoms with E-state index in [1.807, 2.05) is 13.8 Å². The summed E-state index contributed by atoms with van der Waals surface area (Å²) in [5.74, 6) is 0.472. The van der Waals surface area contributed by atoms with Crippen molar-refractivity contribution in [1.29, 1.82) is 0 Å². The highest BCUT2D eigenvalue weighted by molar-refractivity contribution is 8.01. The van der Waals surface area contributed by atoms with E-state index in [0.717, 1.165) is 16.6 Å². The number of thioether (sulfide) groups is 1. The molecule has 2 unspecified atom stereocenters. The van der Waals surface area contributed by atoms with Crippen LogP contribution in [0.25, 0.3) is 0 Å². The maximum absolute atomic E-state index is 11.5. The van der Waals surface area contributed by atoms with Gasteiger partial charge in [0.25, 0.3) is 0 Å². The Hall–Kier alpha value is -0.660. The average Bonchev–Trinajstić information content (AvgIpc) is 2.74. The Morgan fingerprint density at radius 2 is 2.33 bits per heavy atom. The van der Waals surface area contributed by atoms with Crippen molar-refractivity contribution in [3.63, 3.8) is 0 Å². The second kappa shape index (κ2) is 6.49. The Morgan fingerprint density at radius 1 is 1.67 bits per heavy atom. The van der Waals surface area contributed by atoms with Gasteiger partial charge in [-0.15, -0.1) is 0 Å². The largest absolute Gasteiger partial charge is 0.468 e. The summed E-state index contributed by atoms with van der Waals surface area (Å²) in [6.07, 6.45) is 1.37. The molecule has 102 valence electrons. The van der Waals surface area contributed by atoms with Gasteiger partial charge in [0, 0.05) is 11.7 Å². The van der Waals surface area contributed by atoms with Gasteiger partial charge in [0.2, 0.25) is 0 Å². The summed E-state index contributed by atoms with van der Waals surface area (Å²) < 4.78 is 9.83. The molecule has 0 saturated carbocycles. The molecule has 0 spiro atoms. The summed E-state index contributed by atoms with van der Waals surface area (Å²) in [5.41, 5.74) is 4.98. The van der Waals surface area contributed by atoms with Crippen LogP contribution in [0.5, 0.6) is 0 Å². The topological polar surface area (TPSA) is 78.1 Å². The molecule has 1 rings (SSSR count). The van der Waals surface area contributed by atoms with E-state index >= 15 is 0 Å². The standard InChI is InChI=1S/C11H19N3O2S2/c1-5-8-13-10(18-14-8)17-7(2)6-11(3,12)9(15)16-4/h7H,5-6,12H2,1-4H3. The first-order valence-corrected chi connectivity index (χ1v) is 7.41. The zero-order valence-electron chi connectivity index (χ0n) is 11.1. The van der Waals surface area contributed by atoms with E-state index in [4.69, 9.17) is 5.73 Å². The van der Waals surface area contributed by atoms with E-state index in [1.165, 1.54) is 18.6 Å². The van der Waals surface area contributed by atoms with Crippen LogP contribution in [0.2, 0.25) is 0 Å². The van der Waals surface area contributed by atoms with Gasteiger partial charge in [-0.3, -0.25) is 4.79 Å². The van der Waals surface area contributed by atoms with Crippen LogP contribution >= 0.6 is 23.3 Å². The molecule has 1 aromatic rings. The fourth-order valence-electron chi connectivity index (χ4n) is 1.56. The van der Waals surface area contributed by atoms with Crippen LogP contribution in [0.3, 0.4) is 0 Å². The van der Waals surface area contributed by atoms with Gasteiger partial charge in [0.15, 0.2) is 4.34 Å². The predicted octanol–water partition coefficient (Wildman–Crippen LogP) is 1.86. The third kappa shape index (κ3) is 4.22. The minimum Gasteiger partial charge on any atom is -0.468 e. The lowest BCUT2D eigenvalue weighted by Gasteiger charge is -2.24. The molecule has 0 amide bonds. The smallest absolute Gasteiger partial charge is 0.325 e. The summed E-state index contributed by atoms with van der Waals surface area (Å²) in [5, 5.41) is 0.178. The zero-order chi connectivity index (χ0) is 13.8. The van der Waals surface area contributed by atoms with E-state index in [-0.39, 0.29) is 11.2 Å². The highest BCUT2D eigenvalue weighted by Gasteiger charge is 2.31. The van der Waals surface area contributed by atoms with Crippen molar-refractivity contribution < 1.29 is 9.53 Å². The quantitative estimate of drug-likeness (QED) is 0.636. The van der Waals surface area contributed by atoms with E-state index in [0.29, 0.717) is 6.42 Å². The van der Waals surface area contributed by atoms with Crippen molar-refractivity contribution in [2.75, 3.05) is 7.11 Å². The highest BCUT2D eigenvalue weighted by Crippen LogP contribution is 2.29. The number of methoxy groups -OCH3 is 1. The first-order chi connectivity index (χ1) is 8.39. The van der Waals surface area contributed by atoms with Crippen LogP contribution < -0.4 is 5.73 Å². The second-order valence-electron chi connectivity index (χ2n) is 4.37. The Bertz CT molecular complexity index is 407. The number of carbonyl (C=O) groups excluding carboxylic acids is 1. The SMILES string of the molecule is CCc1nsc(SC(C)CC(C)(N)C(=O)OC)n1. The van der Waals surface area contributed by atoms with Crippen LogP contribution in [-0.4, -0.2) is 33.2 Å². The number of nitrogens with zero attached hydrogens (tertiary/aromatic N) is 2. The van der Waals surface area contributed by atoms with Crippen LogP contribution in [-0.2, 0) is 16.0 Å². The lowest BCUT2D eigenvalue weighted by molar-refractivity contribution is -0.146. The summed E-state index contributed by atoms with van der Waals surface area (Å²) in [7, 11) is 1.35. The lowest BCUT2D eigenvalue weighted by atomic mass is 9.98. The van der Waals surface area contributed by atoms with Crippen molar-refractivity contribution >= 4 is 29.3 Å². The van der Waals surface area contributed by atoms with Crippen LogP contribution in [0.1, 0.15) is 33.0 Å². The number of carbonyl (C=O) groups is 1. The van der Waals surface area contributed by atoms with Gasteiger partial charge in [-0.05, 0) is 24.9 Å². The maximum Gasteiger partial charge on any atom is 0.325 e. The van der Waals surface area contributed by atoms with E-state index in [1.54, 1.807) is 18.7 Å². The molecule has 1 heterocycles. The number of esters is 1. The van der Waals surface area contributed by atoms with Crippen LogP contribution in [0, 0.1) is 0 Å². The van der Waals surface area contributed by atoms with E-state index in [9.17, 15) is 4.79 Å². The van der Waals surface area contributed by atoms with Gasteiger partial charge in [-0.25, -0.2) is 4.98 Å². The van der Waals surface area contributed by atoms with Gasteiger partial charge >= 0.3 is 5.97 Å². The second-order valence-corrected chi connectivity index (χ2v) is 6.81. The summed E-state index contributed by atoms with van der Waals surface area (Å²) in [6.45, 7) is 5.73. The van der Waals surface area contributed by atoms with Gasteiger partial charge < -0.3 is 10.5 Å². The Balaban J connectivity index is 2.55. The van der Waals surface area contributed by atoms with Crippen molar-refractivity contribution in [3.8, 4) is 0 Å². The first-order valence-electron chi connectivity index (χ1n) is 5.75. The van der Waals surface area contributed by atoms with Gasteiger partial charge in [0.05, 0.1) is 7.11 Å². The van der Waals surface area contributed by atoms with Crippen molar-refractivity contribution in [3.05, 3.63) is 5.82 Å². The van der Waals surface area contributed by atoms with Crippen LogP contribution in [0.4, 0.5) is 0 Å². The molecule has 0 aliphatic rings. The zero-order valence-corrected chi connectivity index (χ0v) is 12.7. The predicted molar refractivity (Wildman–Crippen MR) is 73.8 cm³/mol. The third-order valence-corrected chi connectivity index (χ3v) is 4.35. The lowest BCUT2D eigenvalue weighted by Crippen LogP contribution is -2.47. The Kier molecular flexibility index (Phi) is 5.55. The molecule has 2 N–H and O–H groups in total. The van der Waals surface area contributed by atoms with Crippen molar-refractivity contribution in [1.82, 2.24) is 9.36 Å². The number of ether oxygens (including phenoxy) is 1. The molecular weight excluding hydrogens is 270 g/mol. The number of hydrogen-bond donors (Lipinski definition) is 1. The molecule has 2 atom stereocenters. The van der Waals surface area contributed by atoms with E-state index in [2.05, 4.69) is 14.1 Å². The minimum atomic E-state index is -0.959. The molecular formula is C11H19N3O2S2. The normalized spacial score (nSPS) is 16.1. The molecule has 0 fully saturated rings. The van der Waals surface area contributed by atoms with E-state index < -0.39 is 5.54 Å². The molecule has 0 bridgehead atoms. The third-order valence-electron chi connectivity index (χ3n) is 2.43. The number of rotatable bonds is 6. The number of nitrogens with two attached hydrogens (primary N) is 1. The van der Waals surface area contributed by atoms with Gasteiger partial charge in [0.1, 0.15) is 11.4 Å². The van der Waals surface area contributed by atoms with Gasteiger partial charge in [-0.2, -0.15) is 4.37 Å².